The third-order valence-corrected chi connectivity index (χ3v) is 2.49. The Balaban J connectivity index is 3.68. The lowest BCUT2D eigenvalue weighted by atomic mass is 10.6. The first-order valence-electron chi connectivity index (χ1n) is 3.29. The molecule has 3 heteroatoms. The molecule has 2 nitrogen and oxygen atoms in total. The molecule has 0 saturated heterocycles. The highest BCUT2D eigenvalue weighted by molar-refractivity contribution is 8.03. The number of nitrogens with zero attached hydrogens (tertiary/aromatic N) is 1. The quantitative estimate of drug-likeness (QED) is 0.634. The fourth-order valence-corrected chi connectivity index (χ4v) is 1.09. The lowest BCUT2D eigenvalue weighted by molar-refractivity contribution is 0.391. The predicted molar refractivity (Wildman–Crippen MR) is 48.7 cm³/mol. The highest BCUT2D eigenvalue weighted by Crippen LogP contribution is 2.18. The van der Waals surface area contributed by atoms with Gasteiger partial charge in [0.25, 0.3) is 0 Å². The largest absolute Gasteiger partial charge is 0.307 e. The van der Waals surface area contributed by atoms with Gasteiger partial charge in [-0.25, -0.2) is 0 Å². The van der Waals surface area contributed by atoms with E-state index in [1.165, 1.54) is 4.91 Å². The summed E-state index contributed by atoms with van der Waals surface area (Å²) in [6.45, 7) is 4.08. The SMILES string of the molecule is CC=C(C)SC(N)N(C)C. The van der Waals surface area contributed by atoms with Crippen LogP contribution in [-0.2, 0) is 0 Å². The summed E-state index contributed by atoms with van der Waals surface area (Å²) in [5, 5.41) is 0. The zero-order valence-electron chi connectivity index (χ0n) is 7.09. The second kappa shape index (κ2) is 4.77. The van der Waals surface area contributed by atoms with Gasteiger partial charge in [-0.15, -0.1) is 0 Å². The minimum absolute atomic E-state index is 0.0798. The monoisotopic (exact) mass is 160 g/mol. The van der Waals surface area contributed by atoms with Crippen LogP contribution in [0.2, 0.25) is 0 Å². The second-order valence-corrected chi connectivity index (χ2v) is 3.73. The molecule has 0 spiro atoms. The topological polar surface area (TPSA) is 29.3 Å². The molecule has 10 heavy (non-hydrogen) atoms. The van der Waals surface area contributed by atoms with E-state index >= 15 is 0 Å². The Bertz CT molecular complexity index is 121. The second-order valence-electron chi connectivity index (χ2n) is 2.37. The standard InChI is InChI=1S/C7H16N2S/c1-5-6(2)10-7(8)9(3)4/h5,7H,8H2,1-4H3. The fraction of sp³-hybridized carbons (Fsp3) is 0.714. The van der Waals surface area contributed by atoms with Gasteiger partial charge in [0.15, 0.2) is 0 Å². The number of rotatable bonds is 3. The Hall–Kier alpha value is 0.01000. The predicted octanol–water partition coefficient (Wildman–Crippen LogP) is 1.45. The van der Waals surface area contributed by atoms with Crippen molar-refractivity contribution in [1.29, 1.82) is 0 Å². The van der Waals surface area contributed by atoms with Gasteiger partial charge in [-0.3, -0.25) is 4.90 Å². The maximum absolute atomic E-state index is 5.74. The molecule has 0 radical (unpaired) electrons. The number of hydrogen-bond acceptors (Lipinski definition) is 3. The lowest BCUT2D eigenvalue weighted by Crippen LogP contribution is -2.32. The van der Waals surface area contributed by atoms with Crippen molar-refractivity contribution in [3.63, 3.8) is 0 Å². The molecule has 60 valence electrons. The molecule has 0 fully saturated rings. The zero-order valence-corrected chi connectivity index (χ0v) is 7.90. The number of thioether (sulfide) groups is 1. The summed E-state index contributed by atoms with van der Waals surface area (Å²) in [5.41, 5.74) is 5.82. The Morgan fingerprint density at radius 3 is 2.40 bits per heavy atom. The highest BCUT2D eigenvalue weighted by Gasteiger charge is 2.04. The lowest BCUT2D eigenvalue weighted by Gasteiger charge is -2.18. The molecule has 0 aliphatic rings. The molecule has 0 aliphatic carbocycles. The van der Waals surface area contributed by atoms with Gasteiger partial charge >= 0.3 is 0 Å². The van der Waals surface area contributed by atoms with Gasteiger partial charge in [0.05, 0.1) is 0 Å². The van der Waals surface area contributed by atoms with E-state index in [4.69, 9.17) is 5.73 Å². The average Bonchev–Trinajstić information content (AvgIpc) is 1.87. The fourth-order valence-electron chi connectivity index (χ4n) is 0.364. The van der Waals surface area contributed by atoms with Crippen molar-refractivity contribution in [2.45, 2.75) is 19.3 Å². The van der Waals surface area contributed by atoms with E-state index in [1.807, 2.05) is 25.9 Å². The third kappa shape index (κ3) is 3.93. The van der Waals surface area contributed by atoms with Crippen LogP contribution in [0.1, 0.15) is 13.8 Å². The van der Waals surface area contributed by atoms with Crippen molar-refractivity contribution in [2.24, 2.45) is 5.73 Å². The molecule has 0 aromatic rings. The van der Waals surface area contributed by atoms with Crippen molar-refractivity contribution >= 4 is 11.8 Å². The van der Waals surface area contributed by atoms with Crippen LogP contribution in [0, 0.1) is 0 Å². The number of allylic oxidation sites excluding steroid dienone is 2. The molecular formula is C7H16N2S. The molecular weight excluding hydrogens is 144 g/mol. The zero-order chi connectivity index (χ0) is 8.15. The van der Waals surface area contributed by atoms with Gasteiger partial charge in [0, 0.05) is 0 Å². The summed E-state index contributed by atoms with van der Waals surface area (Å²) < 4.78 is 0. The molecule has 0 aromatic carbocycles. The van der Waals surface area contributed by atoms with Gasteiger partial charge < -0.3 is 5.73 Å². The van der Waals surface area contributed by atoms with Crippen LogP contribution in [0.15, 0.2) is 11.0 Å². The molecule has 0 aromatic heterocycles. The highest BCUT2D eigenvalue weighted by atomic mass is 32.2. The van der Waals surface area contributed by atoms with Gasteiger partial charge in [-0.1, -0.05) is 17.8 Å². The molecule has 1 atom stereocenters. The van der Waals surface area contributed by atoms with Crippen molar-refractivity contribution in [2.75, 3.05) is 14.1 Å². The van der Waals surface area contributed by atoms with Crippen LogP contribution < -0.4 is 5.73 Å². The van der Waals surface area contributed by atoms with Crippen LogP contribution in [0.3, 0.4) is 0 Å². The van der Waals surface area contributed by atoms with Gasteiger partial charge in [0.2, 0.25) is 0 Å². The van der Waals surface area contributed by atoms with Crippen LogP contribution >= 0.6 is 11.8 Å². The van der Waals surface area contributed by atoms with Crippen molar-refractivity contribution in [3.8, 4) is 0 Å². The van der Waals surface area contributed by atoms with E-state index in [-0.39, 0.29) is 5.50 Å². The molecule has 0 rings (SSSR count). The Labute approximate surface area is 67.5 Å². The van der Waals surface area contributed by atoms with Crippen molar-refractivity contribution in [1.82, 2.24) is 4.90 Å². The van der Waals surface area contributed by atoms with Gasteiger partial charge in [-0.2, -0.15) is 0 Å². The van der Waals surface area contributed by atoms with Crippen LogP contribution in [0.4, 0.5) is 0 Å². The third-order valence-electron chi connectivity index (χ3n) is 1.22. The number of hydrogen-bond donors (Lipinski definition) is 1. The van der Waals surface area contributed by atoms with E-state index in [0.29, 0.717) is 0 Å². The first-order valence-corrected chi connectivity index (χ1v) is 4.17. The van der Waals surface area contributed by atoms with Crippen LogP contribution in [0.25, 0.3) is 0 Å². The average molecular weight is 160 g/mol. The summed E-state index contributed by atoms with van der Waals surface area (Å²) in [7, 11) is 3.95. The van der Waals surface area contributed by atoms with E-state index in [9.17, 15) is 0 Å². The Kier molecular flexibility index (Phi) is 4.77. The molecule has 0 heterocycles. The molecule has 0 aliphatic heterocycles. The van der Waals surface area contributed by atoms with E-state index < -0.39 is 0 Å². The molecule has 0 bridgehead atoms. The summed E-state index contributed by atoms with van der Waals surface area (Å²) >= 11 is 1.67. The maximum Gasteiger partial charge on any atom is 0.109 e. The van der Waals surface area contributed by atoms with Crippen molar-refractivity contribution < 1.29 is 0 Å². The first kappa shape index (κ1) is 10.0. The summed E-state index contributed by atoms with van der Waals surface area (Å²) in [4.78, 5) is 3.25. The number of nitrogens with two attached hydrogens (primary N) is 1. The van der Waals surface area contributed by atoms with Crippen LogP contribution in [-0.4, -0.2) is 24.5 Å². The Morgan fingerprint density at radius 1 is 1.60 bits per heavy atom. The van der Waals surface area contributed by atoms with Crippen molar-refractivity contribution in [3.05, 3.63) is 11.0 Å². The van der Waals surface area contributed by atoms with E-state index in [1.54, 1.807) is 11.8 Å². The molecule has 2 N–H and O–H groups in total. The smallest absolute Gasteiger partial charge is 0.109 e. The minimum Gasteiger partial charge on any atom is -0.307 e. The summed E-state index contributed by atoms with van der Waals surface area (Å²) in [6, 6.07) is 0. The minimum atomic E-state index is 0.0798. The van der Waals surface area contributed by atoms with E-state index in [2.05, 4.69) is 13.0 Å². The molecule has 1 unspecified atom stereocenters. The molecule has 0 amide bonds. The Morgan fingerprint density at radius 2 is 2.10 bits per heavy atom. The first-order chi connectivity index (χ1) is 4.57. The summed E-state index contributed by atoms with van der Waals surface area (Å²) in [5.74, 6) is 0. The van der Waals surface area contributed by atoms with Gasteiger partial charge in [-0.05, 0) is 32.8 Å². The normalized spacial score (nSPS) is 16.0. The van der Waals surface area contributed by atoms with E-state index in [0.717, 1.165) is 0 Å². The van der Waals surface area contributed by atoms with Crippen LogP contribution in [0.5, 0.6) is 0 Å². The summed E-state index contributed by atoms with van der Waals surface area (Å²) in [6.07, 6.45) is 2.06. The maximum atomic E-state index is 5.74. The van der Waals surface area contributed by atoms with Gasteiger partial charge in [0.1, 0.15) is 5.50 Å². The molecule has 0 saturated carbocycles.